The zero-order chi connectivity index (χ0) is 13.8. The van der Waals surface area contributed by atoms with E-state index in [1.54, 1.807) is 18.2 Å². The number of nitriles is 1. The first kappa shape index (κ1) is 12.8. The van der Waals surface area contributed by atoms with Crippen LogP contribution in [0.1, 0.15) is 11.1 Å². The fraction of sp³-hybridized carbons (Fsp3) is 0.0714. The summed E-state index contributed by atoms with van der Waals surface area (Å²) in [4.78, 5) is 0. The highest BCUT2D eigenvalue weighted by molar-refractivity contribution is 5.61. The zero-order valence-electron chi connectivity index (χ0n) is 9.95. The summed E-state index contributed by atoms with van der Waals surface area (Å²) in [6.07, 6.45) is 0. The second-order valence-electron chi connectivity index (χ2n) is 4.00. The van der Waals surface area contributed by atoms with Crippen LogP contribution >= 0.6 is 0 Å². The number of nitrogens with zero attached hydrogens (tertiary/aromatic N) is 1. The van der Waals surface area contributed by atoms with Crippen molar-refractivity contribution in [2.45, 2.75) is 6.54 Å². The number of nitrogens with two attached hydrogens (primary N) is 1. The van der Waals surface area contributed by atoms with E-state index < -0.39 is 11.6 Å². The highest BCUT2D eigenvalue weighted by Crippen LogP contribution is 2.18. The quantitative estimate of drug-likeness (QED) is 0.833. The van der Waals surface area contributed by atoms with Crippen molar-refractivity contribution >= 4 is 11.4 Å². The zero-order valence-corrected chi connectivity index (χ0v) is 9.95. The fourth-order valence-corrected chi connectivity index (χ4v) is 1.64. The minimum atomic E-state index is -0.492. The maximum absolute atomic E-state index is 13.4. The first-order valence-electron chi connectivity index (χ1n) is 5.57. The van der Waals surface area contributed by atoms with E-state index in [9.17, 15) is 8.78 Å². The van der Waals surface area contributed by atoms with Crippen molar-refractivity contribution in [2.24, 2.45) is 0 Å². The monoisotopic (exact) mass is 259 g/mol. The Morgan fingerprint density at radius 3 is 2.68 bits per heavy atom. The molecular formula is C14H11F2N3. The lowest BCUT2D eigenvalue weighted by Crippen LogP contribution is -2.03. The number of nitrogen functional groups attached to an aromatic ring is 1. The predicted octanol–water partition coefficient (Wildman–Crippen LogP) is 3.03. The Balaban J connectivity index is 2.15. The second kappa shape index (κ2) is 5.36. The molecule has 2 rings (SSSR count). The van der Waals surface area contributed by atoms with Crippen LogP contribution in [0, 0.1) is 23.0 Å². The molecule has 0 aliphatic carbocycles. The maximum Gasteiger partial charge on any atom is 0.128 e. The van der Waals surface area contributed by atoms with Gasteiger partial charge in [-0.2, -0.15) is 5.26 Å². The Morgan fingerprint density at radius 2 is 1.95 bits per heavy atom. The van der Waals surface area contributed by atoms with E-state index >= 15 is 0 Å². The summed E-state index contributed by atoms with van der Waals surface area (Å²) >= 11 is 0. The molecule has 2 aromatic rings. The molecule has 0 aliphatic rings. The molecule has 0 bridgehead atoms. The van der Waals surface area contributed by atoms with Crippen molar-refractivity contribution in [2.75, 3.05) is 11.1 Å². The van der Waals surface area contributed by atoms with Gasteiger partial charge in [0.25, 0.3) is 0 Å². The summed E-state index contributed by atoms with van der Waals surface area (Å²) < 4.78 is 26.4. The average Bonchev–Trinajstić information content (AvgIpc) is 2.41. The van der Waals surface area contributed by atoms with Gasteiger partial charge in [-0.15, -0.1) is 0 Å². The molecule has 0 amide bonds. The van der Waals surface area contributed by atoms with E-state index in [2.05, 4.69) is 5.32 Å². The van der Waals surface area contributed by atoms with Crippen molar-refractivity contribution in [3.8, 4) is 6.07 Å². The van der Waals surface area contributed by atoms with Crippen molar-refractivity contribution in [1.82, 2.24) is 0 Å². The molecule has 0 unspecified atom stereocenters. The molecule has 19 heavy (non-hydrogen) atoms. The van der Waals surface area contributed by atoms with Gasteiger partial charge in [0.1, 0.15) is 17.7 Å². The van der Waals surface area contributed by atoms with Gasteiger partial charge in [0.15, 0.2) is 0 Å². The van der Waals surface area contributed by atoms with E-state index in [1.807, 2.05) is 6.07 Å². The number of halogens is 2. The van der Waals surface area contributed by atoms with E-state index in [-0.39, 0.29) is 12.1 Å². The molecule has 0 saturated carbocycles. The lowest BCUT2D eigenvalue weighted by molar-refractivity contribution is 0.587. The summed E-state index contributed by atoms with van der Waals surface area (Å²) in [5.74, 6) is -0.974. The van der Waals surface area contributed by atoms with Crippen molar-refractivity contribution < 1.29 is 8.78 Å². The van der Waals surface area contributed by atoms with Gasteiger partial charge in [-0.1, -0.05) is 0 Å². The highest BCUT2D eigenvalue weighted by Gasteiger charge is 2.05. The van der Waals surface area contributed by atoms with E-state index in [0.29, 0.717) is 16.9 Å². The minimum Gasteiger partial charge on any atom is -0.398 e. The summed E-state index contributed by atoms with van der Waals surface area (Å²) in [7, 11) is 0. The van der Waals surface area contributed by atoms with Crippen LogP contribution in [0.2, 0.25) is 0 Å². The summed E-state index contributed by atoms with van der Waals surface area (Å²) in [6, 6.07) is 10.1. The third kappa shape index (κ3) is 2.99. The fourth-order valence-electron chi connectivity index (χ4n) is 1.64. The normalized spacial score (nSPS) is 9.95. The second-order valence-corrected chi connectivity index (χ2v) is 4.00. The number of hydrogen-bond donors (Lipinski definition) is 2. The maximum atomic E-state index is 13.4. The molecule has 0 heterocycles. The Morgan fingerprint density at radius 1 is 1.16 bits per heavy atom. The molecule has 0 radical (unpaired) electrons. The molecule has 0 fully saturated rings. The van der Waals surface area contributed by atoms with Gasteiger partial charge in [-0.3, -0.25) is 0 Å². The molecule has 0 atom stereocenters. The molecule has 0 saturated heterocycles. The largest absolute Gasteiger partial charge is 0.398 e. The standard InChI is InChI=1S/C14H11F2N3/c15-11-1-3-13(16)10(5-11)8-19-12-2-4-14(18)9(6-12)7-17/h1-6,19H,8,18H2. The predicted molar refractivity (Wildman–Crippen MR) is 69.3 cm³/mol. The van der Waals surface area contributed by atoms with Gasteiger partial charge >= 0.3 is 0 Å². The molecule has 5 heteroatoms. The Kier molecular flexibility index (Phi) is 3.62. The van der Waals surface area contributed by atoms with E-state index in [0.717, 1.165) is 18.2 Å². The molecule has 2 aromatic carbocycles. The first-order valence-corrected chi connectivity index (χ1v) is 5.57. The van der Waals surface area contributed by atoms with Crippen LogP contribution in [-0.2, 0) is 6.54 Å². The van der Waals surface area contributed by atoms with Crippen LogP contribution in [0.3, 0.4) is 0 Å². The third-order valence-corrected chi connectivity index (χ3v) is 2.66. The molecule has 96 valence electrons. The summed E-state index contributed by atoms with van der Waals surface area (Å²) in [5, 5.41) is 11.8. The van der Waals surface area contributed by atoms with E-state index in [4.69, 9.17) is 11.0 Å². The Hall–Kier alpha value is -2.61. The van der Waals surface area contributed by atoms with Crippen LogP contribution in [0.4, 0.5) is 20.2 Å². The van der Waals surface area contributed by atoms with Crippen LogP contribution in [-0.4, -0.2) is 0 Å². The van der Waals surface area contributed by atoms with Crippen LogP contribution in [0.5, 0.6) is 0 Å². The first-order chi connectivity index (χ1) is 9.10. The average molecular weight is 259 g/mol. The van der Waals surface area contributed by atoms with E-state index in [1.165, 1.54) is 0 Å². The lowest BCUT2D eigenvalue weighted by atomic mass is 10.1. The van der Waals surface area contributed by atoms with Crippen LogP contribution < -0.4 is 11.1 Å². The number of rotatable bonds is 3. The van der Waals surface area contributed by atoms with Crippen LogP contribution in [0.25, 0.3) is 0 Å². The lowest BCUT2D eigenvalue weighted by Gasteiger charge is -2.08. The third-order valence-electron chi connectivity index (χ3n) is 2.66. The summed E-state index contributed by atoms with van der Waals surface area (Å²) in [5.41, 5.74) is 7.15. The molecular weight excluding hydrogens is 248 g/mol. The molecule has 3 N–H and O–H groups in total. The Labute approximate surface area is 109 Å². The van der Waals surface area contributed by atoms with Crippen molar-refractivity contribution in [3.05, 3.63) is 59.2 Å². The van der Waals surface area contributed by atoms with Gasteiger partial charge in [0, 0.05) is 23.5 Å². The SMILES string of the molecule is N#Cc1cc(NCc2cc(F)ccc2F)ccc1N. The van der Waals surface area contributed by atoms with Crippen molar-refractivity contribution in [3.63, 3.8) is 0 Å². The highest BCUT2D eigenvalue weighted by atomic mass is 19.1. The van der Waals surface area contributed by atoms with Gasteiger partial charge in [0.2, 0.25) is 0 Å². The van der Waals surface area contributed by atoms with Gasteiger partial charge in [0.05, 0.1) is 5.56 Å². The molecule has 0 spiro atoms. The topological polar surface area (TPSA) is 61.8 Å². The van der Waals surface area contributed by atoms with Gasteiger partial charge in [-0.05, 0) is 36.4 Å². The number of hydrogen-bond acceptors (Lipinski definition) is 3. The molecule has 3 nitrogen and oxygen atoms in total. The number of nitrogens with one attached hydrogen (secondary N) is 1. The smallest absolute Gasteiger partial charge is 0.128 e. The van der Waals surface area contributed by atoms with Crippen LogP contribution in [0.15, 0.2) is 36.4 Å². The van der Waals surface area contributed by atoms with Crippen molar-refractivity contribution in [1.29, 1.82) is 5.26 Å². The van der Waals surface area contributed by atoms with Gasteiger partial charge in [-0.25, -0.2) is 8.78 Å². The summed E-state index contributed by atoms with van der Waals surface area (Å²) in [6.45, 7) is 0.123. The molecule has 0 aliphatic heterocycles. The number of benzene rings is 2. The Bertz CT molecular complexity index is 648. The van der Waals surface area contributed by atoms with Gasteiger partial charge < -0.3 is 11.1 Å². The minimum absolute atomic E-state index is 0.123. The number of anilines is 2. The molecule has 0 aromatic heterocycles.